The fourth-order valence-electron chi connectivity index (χ4n) is 3.36. The molecule has 2 aliphatic rings. The summed E-state index contributed by atoms with van der Waals surface area (Å²) in [6.45, 7) is 8.75. The summed E-state index contributed by atoms with van der Waals surface area (Å²) in [7, 11) is 0. The average Bonchev–Trinajstić information content (AvgIpc) is 3.14. The lowest BCUT2D eigenvalue weighted by atomic mass is 10.0. The fraction of sp³-hybridized carbons (Fsp3) is 0.476. The fourth-order valence-corrected chi connectivity index (χ4v) is 3.36. The van der Waals surface area contributed by atoms with Gasteiger partial charge in [0.1, 0.15) is 5.69 Å². The molecule has 3 heterocycles. The second-order valence-electron chi connectivity index (χ2n) is 7.84. The highest BCUT2D eigenvalue weighted by molar-refractivity contribution is 6.17. The molecular formula is C21H26N4O2. The van der Waals surface area contributed by atoms with Crippen molar-refractivity contribution in [1.29, 1.82) is 0 Å². The number of aliphatic imine (C=N–C) groups is 1. The summed E-state index contributed by atoms with van der Waals surface area (Å²) in [5.74, 6) is 0.598. The smallest absolute Gasteiger partial charge is 0.268 e. The molecule has 0 unspecified atom stereocenters. The van der Waals surface area contributed by atoms with Gasteiger partial charge in [0.05, 0.1) is 23.9 Å². The van der Waals surface area contributed by atoms with Gasteiger partial charge in [-0.05, 0) is 58.2 Å². The predicted octanol–water partition coefficient (Wildman–Crippen LogP) is 3.49. The first kappa shape index (κ1) is 17.8. The highest BCUT2D eigenvalue weighted by Crippen LogP contribution is 2.31. The van der Waals surface area contributed by atoms with Crippen LogP contribution in [0.1, 0.15) is 73.8 Å². The van der Waals surface area contributed by atoms with Crippen LogP contribution in [0.3, 0.4) is 0 Å². The van der Waals surface area contributed by atoms with Gasteiger partial charge in [-0.15, -0.1) is 0 Å². The SMILES string of the molecule is CC(C)Oc1nccc2c1C(c1cc(C(=O)NC3CC3)n(C(C)C)c1)=NC2. The normalized spacial score (nSPS) is 15.9. The summed E-state index contributed by atoms with van der Waals surface area (Å²) in [5, 5.41) is 3.09. The molecule has 1 fully saturated rings. The van der Waals surface area contributed by atoms with Crippen LogP contribution in [-0.2, 0) is 6.54 Å². The van der Waals surface area contributed by atoms with E-state index in [4.69, 9.17) is 9.73 Å². The van der Waals surface area contributed by atoms with E-state index in [0.29, 0.717) is 24.2 Å². The van der Waals surface area contributed by atoms with Crippen molar-refractivity contribution in [3.63, 3.8) is 0 Å². The zero-order chi connectivity index (χ0) is 19.1. The molecule has 1 saturated carbocycles. The maximum absolute atomic E-state index is 12.7. The van der Waals surface area contributed by atoms with Gasteiger partial charge in [-0.2, -0.15) is 0 Å². The van der Waals surface area contributed by atoms with Crippen molar-refractivity contribution in [2.24, 2.45) is 4.99 Å². The summed E-state index contributed by atoms with van der Waals surface area (Å²) in [5.41, 5.74) is 4.52. The third-order valence-corrected chi connectivity index (χ3v) is 4.82. The Hall–Kier alpha value is -2.63. The van der Waals surface area contributed by atoms with Crippen LogP contribution in [-0.4, -0.2) is 33.3 Å². The molecule has 0 bridgehead atoms. The number of hydrogen-bond donors (Lipinski definition) is 1. The number of rotatable bonds is 6. The third kappa shape index (κ3) is 3.48. The zero-order valence-electron chi connectivity index (χ0n) is 16.3. The van der Waals surface area contributed by atoms with Crippen molar-refractivity contribution in [2.75, 3.05) is 0 Å². The van der Waals surface area contributed by atoms with E-state index in [1.165, 1.54) is 0 Å². The molecule has 0 atom stereocenters. The van der Waals surface area contributed by atoms with Gasteiger partial charge in [-0.25, -0.2) is 4.98 Å². The Balaban J connectivity index is 1.73. The van der Waals surface area contributed by atoms with Crippen molar-refractivity contribution >= 4 is 11.6 Å². The number of carbonyl (C=O) groups is 1. The molecule has 6 heteroatoms. The number of nitrogens with one attached hydrogen (secondary N) is 1. The maximum atomic E-state index is 12.7. The molecule has 0 radical (unpaired) electrons. The van der Waals surface area contributed by atoms with Gasteiger partial charge in [0.25, 0.3) is 5.91 Å². The average molecular weight is 366 g/mol. The minimum atomic E-state index is -0.0129. The molecule has 2 aromatic rings. The molecule has 4 rings (SSSR count). The van der Waals surface area contributed by atoms with Crippen LogP contribution in [0.4, 0.5) is 0 Å². The van der Waals surface area contributed by atoms with E-state index >= 15 is 0 Å². The Morgan fingerprint density at radius 2 is 2.07 bits per heavy atom. The second-order valence-corrected chi connectivity index (χ2v) is 7.84. The van der Waals surface area contributed by atoms with Gasteiger partial charge in [0, 0.05) is 30.0 Å². The van der Waals surface area contributed by atoms with E-state index < -0.39 is 0 Å². The molecule has 142 valence electrons. The first-order valence-corrected chi connectivity index (χ1v) is 9.66. The molecule has 6 nitrogen and oxygen atoms in total. The van der Waals surface area contributed by atoms with Crippen LogP contribution in [0.25, 0.3) is 0 Å². The number of pyridine rings is 1. The van der Waals surface area contributed by atoms with Gasteiger partial charge in [-0.1, -0.05) is 0 Å². The largest absolute Gasteiger partial charge is 0.474 e. The molecule has 1 amide bonds. The molecule has 0 aromatic carbocycles. The van der Waals surface area contributed by atoms with E-state index in [2.05, 4.69) is 24.1 Å². The van der Waals surface area contributed by atoms with E-state index in [1.807, 2.05) is 36.7 Å². The Morgan fingerprint density at radius 1 is 1.30 bits per heavy atom. The van der Waals surface area contributed by atoms with Crippen LogP contribution in [0, 0.1) is 0 Å². The Kier molecular flexibility index (Phi) is 4.50. The van der Waals surface area contributed by atoms with Gasteiger partial charge >= 0.3 is 0 Å². The van der Waals surface area contributed by atoms with E-state index in [9.17, 15) is 4.79 Å². The van der Waals surface area contributed by atoms with Crippen molar-refractivity contribution in [1.82, 2.24) is 14.9 Å². The first-order valence-electron chi connectivity index (χ1n) is 9.66. The van der Waals surface area contributed by atoms with Gasteiger partial charge in [0.2, 0.25) is 5.88 Å². The number of ether oxygens (including phenoxy) is 1. The first-order chi connectivity index (χ1) is 12.9. The molecule has 1 aliphatic carbocycles. The summed E-state index contributed by atoms with van der Waals surface area (Å²) >= 11 is 0. The van der Waals surface area contributed by atoms with Crippen LogP contribution < -0.4 is 10.1 Å². The van der Waals surface area contributed by atoms with Crippen LogP contribution in [0.15, 0.2) is 29.5 Å². The Morgan fingerprint density at radius 3 is 2.74 bits per heavy atom. The van der Waals surface area contributed by atoms with Crippen LogP contribution in [0.2, 0.25) is 0 Å². The van der Waals surface area contributed by atoms with E-state index in [0.717, 1.165) is 35.2 Å². The lowest BCUT2D eigenvalue weighted by Crippen LogP contribution is -2.27. The van der Waals surface area contributed by atoms with Crippen molar-refractivity contribution < 1.29 is 9.53 Å². The van der Waals surface area contributed by atoms with Gasteiger partial charge in [0.15, 0.2) is 0 Å². The molecule has 27 heavy (non-hydrogen) atoms. The van der Waals surface area contributed by atoms with Crippen LogP contribution in [0.5, 0.6) is 5.88 Å². The lowest BCUT2D eigenvalue weighted by Gasteiger charge is -2.13. The number of aromatic nitrogens is 2. The number of carbonyl (C=O) groups excluding carboxylic acids is 1. The van der Waals surface area contributed by atoms with Crippen molar-refractivity contribution in [3.8, 4) is 5.88 Å². The maximum Gasteiger partial charge on any atom is 0.268 e. The number of amides is 1. The number of fused-ring (bicyclic) bond motifs is 1. The highest BCUT2D eigenvalue weighted by atomic mass is 16.5. The Labute approximate surface area is 159 Å². The van der Waals surface area contributed by atoms with Crippen molar-refractivity contribution in [2.45, 2.75) is 65.3 Å². The minimum absolute atomic E-state index is 0.0129. The minimum Gasteiger partial charge on any atom is -0.474 e. The zero-order valence-corrected chi connectivity index (χ0v) is 16.3. The summed E-state index contributed by atoms with van der Waals surface area (Å²) in [6, 6.07) is 4.44. The molecule has 0 saturated heterocycles. The quantitative estimate of drug-likeness (QED) is 0.851. The molecule has 1 N–H and O–H groups in total. The second kappa shape index (κ2) is 6.83. The lowest BCUT2D eigenvalue weighted by molar-refractivity contribution is 0.0940. The summed E-state index contributed by atoms with van der Waals surface area (Å²) in [4.78, 5) is 21.9. The standard InChI is InChI=1S/C21H26N4O2/c1-12(2)25-11-15(9-17(25)20(26)24-16-5-6-16)19-18-14(10-23-19)7-8-22-21(18)27-13(3)4/h7-9,11-13,16H,5-6,10H2,1-4H3,(H,24,26). The number of nitrogens with zero attached hydrogens (tertiary/aromatic N) is 3. The third-order valence-electron chi connectivity index (χ3n) is 4.82. The summed E-state index contributed by atoms with van der Waals surface area (Å²) in [6.07, 6.45) is 5.96. The van der Waals surface area contributed by atoms with E-state index in [1.54, 1.807) is 6.20 Å². The molecule has 2 aromatic heterocycles. The molecule has 1 aliphatic heterocycles. The Bertz CT molecular complexity index is 907. The highest BCUT2D eigenvalue weighted by Gasteiger charge is 2.29. The monoisotopic (exact) mass is 366 g/mol. The summed E-state index contributed by atoms with van der Waals surface area (Å²) < 4.78 is 7.94. The van der Waals surface area contributed by atoms with Gasteiger partial charge in [-0.3, -0.25) is 9.79 Å². The van der Waals surface area contributed by atoms with Crippen LogP contribution >= 0.6 is 0 Å². The molecule has 0 spiro atoms. The van der Waals surface area contributed by atoms with Gasteiger partial charge < -0.3 is 14.6 Å². The molecular weight excluding hydrogens is 340 g/mol. The predicted molar refractivity (Wildman–Crippen MR) is 105 cm³/mol. The van der Waals surface area contributed by atoms with Crippen molar-refractivity contribution in [3.05, 3.63) is 46.9 Å². The topological polar surface area (TPSA) is 68.5 Å². The van der Waals surface area contributed by atoms with E-state index in [-0.39, 0.29) is 18.1 Å². The number of hydrogen-bond acceptors (Lipinski definition) is 4.